The van der Waals surface area contributed by atoms with Crippen molar-refractivity contribution >= 4 is 43.2 Å². The third-order valence-electron chi connectivity index (χ3n) is 5.10. The van der Waals surface area contributed by atoms with Crippen molar-refractivity contribution in [3.8, 4) is 0 Å². The molecular weight excluding hydrogens is 519 g/mol. The number of rotatable bonds is 7. The van der Waals surface area contributed by atoms with E-state index in [1.165, 1.54) is 34.6 Å². The quantitative estimate of drug-likeness (QED) is 0.303. The largest absolute Gasteiger partial charge is 0.319 e. The fourth-order valence-corrected chi connectivity index (χ4v) is 5.26. The van der Waals surface area contributed by atoms with Crippen LogP contribution in [-0.2, 0) is 16.6 Å². The van der Waals surface area contributed by atoms with Gasteiger partial charge in [-0.3, -0.25) is 9.10 Å². The molecule has 0 aliphatic carbocycles. The highest BCUT2D eigenvalue weighted by atomic mass is 79.9. The van der Waals surface area contributed by atoms with E-state index in [9.17, 15) is 17.6 Å². The number of halogens is 2. The zero-order valence-electron chi connectivity index (χ0n) is 17.9. The van der Waals surface area contributed by atoms with Gasteiger partial charge in [0, 0.05) is 4.47 Å². The van der Waals surface area contributed by atoms with E-state index < -0.39 is 21.7 Å². The molecule has 1 amide bonds. The summed E-state index contributed by atoms with van der Waals surface area (Å²) in [5.41, 5.74) is 1.02. The molecule has 0 saturated heterocycles. The van der Waals surface area contributed by atoms with Crippen molar-refractivity contribution in [3.63, 3.8) is 0 Å². The van der Waals surface area contributed by atoms with Crippen LogP contribution in [-0.4, -0.2) is 14.3 Å². The van der Waals surface area contributed by atoms with E-state index in [0.717, 1.165) is 5.56 Å². The Morgan fingerprint density at radius 3 is 2.15 bits per heavy atom. The summed E-state index contributed by atoms with van der Waals surface area (Å²) in [5, 5.41) is 2.55. The normalized spacial score (nSPS) is 11.1. The van der Waals surface area contributed by atoms with Gasteiger partial charge in [-0.1, -0.05) is 76.6 Å². The Labute approximate surface area is 206 Å². The van der Waals surface area contributed by atoms with Crippen molar-refractivity contribution in [1.29, 1.82) is 0 Å². The fraction of sp³-hybridized carbons (Fsp3) is 0.0385. The van der Waals surface area contributed by atoms with E-state index in [2.05, 4.69) is 21.2 Å². The Morgan fingerprint density at radius 2 is 1.47 bits per heavy atom. The van der Waals surface area contributed by atoms with Crippen molar-refractivity contribution in [1.82, 2.24) is 0 Å². The van der Waals surface area contributed by atoms with Gasteiger partial charge in [-0.2, -0.15) is 0 Å². The van der Waals surface area contributed by atoms with Crippen LogP contribution in [0.1, 0.15) is 15.9 Å². The summed E-state index contributed by atoms with van der Waals surface area (Å²) in [4.78, 5) is 13.3. The van der Waals surface area contributed by atoms with Crippen LogP contribution < -0.4 is 9.62 Å². The van der Waals surface area contributed by atoms with Gasteiger partial charge >= 0.3 is 0 Å². The average Bonchev–Trinajstić information content (AvgIpc) is 2.85. The Morgan fingerprint density at radius 1 is 0.853 bits per heavy atom. The number of nitrogens with one attached hydrogen (secondary N) is 1. The van der Waals surface area contributed by atoms with Gasteiger partial charge in [0.25, 0.3) is 15.9 Å². The van der Waals surface area contributed by atoms with Crippen LogP contribution in [0.5, 0.6) is 0 Å². The highest BCUT2D eigenvalue weighted by molar-refractivity contribution is 9.10. The lowest BCUT2D eigenvalue weighted by Gasteiger charge is -2.26. The topological polar surface area (TPSA) is 66.5 Å². The van der Waals surface area contributed by atoms with E-state index in [1.54, 1.807) is 42.5 Å². The van der Waals surface area contributed by atoms with Gasteiger partial charge in [0.2, 0.25) is 0 Å². The Hall–Kier alpha value is -3.49. The fourth-order valence-electron chi connectivity index (χ4n) is 3.43. The van der Waals surface area contributed by atoms with E-state index in [4.69, 9.17) is 0 Å². The van der Waals surface area contributed by atoms with Gasteiger partial charge in [-0.15, -0.1) is 0 Å². The highest BCUT2D eigenvalue weighted by Gasteiger charge is 2.28. The molecule has 4 aromatic rings. The second-order valence-electron chi connectivity index (χ2n) is 7.41. The van der Waals surface area contributed by atoms with Crippen molar-refractivity contribution in [2.45, 2.75) is 11.4 Å². The maximum Gasteiger partial charge on any atom is 0.264 e. The number of para-hydroxylation sites is 1. The number of benzene rings is 4. The Balaban J connectivity index is 1.78. The van der Waals surface area contributed by atoms with E-state index in [-0.39, 0.29) is 28.4 Å². The number of hydrogen-bond donors (Lipinski definition) is 1. The summed E-state index contributed by atoms with van der Waals surface area (Å²) in [6.07, 6.45) is 0. The number of carbonyl (C=O) groups is 1. The molecule has 4 rings (SSSR count). The number of nitrogens with zero attached hydrogens (tertiary/aromatic N) is 1. The first-order valence-corrected chi connectivity index (χ1v) is 12.6. The maximum absolute atomic E-state index is 14.3. The van der Waals surface area contributed by atoms with Gasteiger partial charge in [0.1, 0.15) is 5.82 Å². The molecule has 0 fully saturated rings. The summed E-state index contributed by atoms with van der Waals surface area (Å²) in [6.45, 7) is 0.00893. The lowest BCUT2D eigenvalue weighted by atomic mass is 10.1. The smallest absolute Gasteiger partial charge is 0.264 e. The summed E-state index contributed by atoms with van der Waals surface area (Å²) in [6, 6.07) is 27.8. The Bertz CT molecular complexity index is 1410. The molecule has 0 aliphatic rings. The van der Waals surface area contributed by atoms with Gasteiger partial charge in [0.15, 0.2) is 0 Å². The standard InChI is InChI=1S/C26H20BrFN2O3S/c27-20-15-16-24(23(28)17-20)29-26(31)22-13-7-8-14-25(22)30(18-19-9-3-1-4-10-19)34(32,33)21-11-5-2-6-12-21/h1-17H,18H2,(H,29,31). The van der Waals surface area contributed by atoms with Crippen LogP contribution >= 0.6 is 15.9 Å². The molecule has 0 aromatic heterocycles. The van der Waals surface area contributed by atoms with Crippen LogP contribution in [0, 0.1) is 5.82 Å². The van der Waals surface area contributed by atoms with Gasteiger partial charge < -0.3 is 5.32 Å². The second kappa shape index (κ2) is 10.2. The minimum atomic E-state index is -4.02. The van der Waals surface area contributed by atoms with Crippen LogP contribution in [0.25, 0.3) is 0 Å². The third kappa shape index (κ3) is 5.18. The third-order valence-corrected chi connectivity index (χ3v) is 7.36. The molecule has 172 valence electrons. The van der Waals surface area contributed by atoms with E-state index in [1.807, 2.05) is 30.3 Å². The summed E-state index contributed by atoms with van der Waals surface area (Å²) >= 11 is 3.19. The molecule has 0 spiro atoms. The summed E-state index contributed by atoms with van der Waals surface area (Å²) < 4.78 is 43.4. The highest BCUT2D eigenvalue weighted by Crippen LogP contribution is 2.30. The molecule has 0 aliphatic heterocycles. The van der Waals surface area contributed by atoms with Gasteiger partial charge in [0.05, 0.1) is 28.4 Å². The zero-order chi connectivity index (χ0) is 24.1. The number of carbonyl (C=O) groups excluding carboxylic acids is 1. The van der Waals surface area contributed by atoms with Crippen molar-refractivity contribution in [3.05, 3.63) is 125 Å². The van der Waals surface area contributed by atoms with Crippen molar-refractivity contribution in [2.75, 3.05) is 9.62 Å². The van der Waals surface area contributed by atoms with Crippen LogP contribution in [0.3, 0.4) is 0 Å². The summed E-state index contributed by atoms with van der Waals surface area (Å²) in [5.74, 6) is -1.24. The van der Waals surface area contributed by atoms with E-state index >= 15 is 0 Å². The number of anilines is 2. The molecule has 0 unspecified atom stereocenters. The number of hydrogen-bond acceptors (Lipinski definition) is 3. The number of sulfonamides is 1. The van der Waals surface area contributed by atoms with Crippen LogP contribution in [0.4, 0.5) is 15.8 Å². The average molecular weight is 539 g/mol. The summed E-state index contributed by atoms with van der Waals surface area (Å²) in [7, 11) is -4.02. The molecule has 34 heavy (non-hydrogen) atoms. The SMILES string of the molecule is O=C(Nc1ccc(Br)cc1F)c1ccccc1N(Cc1ccccc1)S(=O)(=O)c1ccccc1. The van der Waals surface area contributed by atoms with Gasteiger partial charge in [-0.05, 0) is 48.0 Å². The lowest BCUT2D eigenvalue weighted by molar-refractivity contribution is 0.102. The Kier molecular flexibility index (Phi) is 7.09. The molecular formula is C26H20BrFN2O3S. The minimum absolute atomic E-state index is 0.00893. The number of amides is 1. The van der Waals surface area contributed by atoms with Crippen LogP contribution in [0.15, 0.2) is 112 Å². The predicted molar refractivity (Wildman–Crippen MR) is 135 cm³/mol. The minimum Gasteiger partial charge on any atom is -0.319 e. The van der Waals surface area contributed by atoms with Gasteiger partial charge in [-0.25, -0.2) is 12.8 Å². The zero-order valence-corrected chi connectivity index (χ0v) is 20.3. The predicted octanol–water partition coefficient (Wildman–Crippen LogP) is 6.24. The molecule has 5 nitrogen and oxygen atoms in total. The van der Waals surface area contributed by atoms with Crippen molar-refractivity contribution in [2.24, 2.45) is 0 Å². The molecule has 0 saturated carbocycles. The second-order valence-corrected chi connectivity index (χ2v) is 10.2. The first-order chi connectivity index (χ1) is 16.4. The molecule has 0 radical (unpaired) electrons. The molecule has 0 bridgehead atoms. The monoisotopic (exact) mass is 538 g/mol. The van der Waals surface area contributed by atoms with Crippen LogP contribution in [0.2, 0.25) is 0 Å². The first-order valence-electron chi connectivity index (χ1n) is 10.3. The van der Waals surface area contributed by atoms with E-state index in [0.29, 0.717) is 4.47 Å². The van der Waals surface area contributed by atoms with Crippen molar-refractivity contribution < 1.29 is 17.6 Å². The molecule has 0 heterocycles. The molecule has 8 heteroatoms. The maximum atomic E-state index is 14.3. The molecule has 4 aromatic carbocycles. The molecule has 1 N–H and O–H groups in total. The lowest BCUT2D eigenvalue weighted by Crippen LogP contribution is -2.32. The first kappa shape index (κ1) is 23.7. The molecule has 0 atom stereocenters.